The summed E-state index contributed by atoms with van der Waals surface area (Å²) in [5.41, 5.74) is 2.86. The molecule has 0 spiro atoms. The number of nitrogens with zero attached hydrogens (tertiary/aromatic N) is 2. The summed E-state index contributed by atoms with van der Waals surface area (Å²) < 4.78 is 0. The number of benzene rings is 2. The molecule has 2 aliphatic heterocycles. The first-order valence-corrected chi connectivity index (χ1v) is 18.0. The number of hydrogen-bond donors (Lipinski definition) is 0. The molecule has 2 atom stereocenters. The summed E-state index contributed by atoms with van der Waals surface area (Å²) in [4.78, 5) is 5.25. The summed E-state index contributed by atoms with van der Waals surface area (Å²) in [6.45, 7) is 9.13. The quantitative estimate of drug-likeness (QED) is 0.141. The molecule has 2 fully saturated rings. The number of unbranched alkanes of at least 4 members (excludes halogenated alkanes) is 6. The topological polar surface area (TPSA) is 6.48 Å². The van der Waals surface area contributed by atoms with Crippen LogP contribution in [0.3, 0.4) is 0 Å². The fraction of sp³-hybridized carbons (Fsp3) is 0.524. The molecule has 2 unspecified atom stereocenters. The van der Waals surface area contributed by atoms with E-state index in [1.165, 1.54) is 114 Å². The first kappa shape index (κ1) is 35.8. The number of hydrogen-bond acceptors (Lipinski definition) is 2. The van der Waals surface area contributed by atoms with E-state index in [2.05, 4.69) is 133 Å². The van der Waals surface area contributed by atoms with Crippen molar-refractivity contribution in [3.63, 3.8) is 0 Å². The molecule has 2 aromatic rings. The van der Waals surface area contributed by atoms with Crippen LogP contribution in [-0.2, 0) is 13.1 Å². The van der Waals surface area contributed by atoms with Crippen LogP contribution in [0.25, 0.3) is 0 Å². The van der Waals surface area contributed by atoms with Gasteiger partial charge in [-0.15, -0.1) is 0 Å². The van der Waals surface area contributed by atoms with Crippen LogP contribution in [0.15, 0.2) is 109 Å². The molecule has 0 N–H and O–H groups in total. The van der Waals surface area contributed by atoms with Crippen LogP contribution in [0, 0.1) is 0 Å². The Bertz CT molecular complexity index is 980. The van der Waals surface area contributed by atoms with E-state index in [0.717, 1.165) is 13.1 Å². The molecule has 240 valence electrons. The third kappa shape index (κ3) is 15.4. The molecule has 2 nitrogen and oxygen atoms in total. The van der Waals surface area contributed by atoms with Gasteiger partial charge in [0.05, 0.1) is 0 Å². The van der Waals surface area contributed by atoms with Crippen LogP contribution in [0.5, 0.6) is 0 Å². The molecule has 2 heterocycles. The van der Waals surface area contributed by atoms with Gasteiger partial charge in [0, 0.05) is 25.2 Å². The first-order valence-electron chi connectivity index (χ1n) is 18.0. The van der Waals surface area contributed by atoms with Gasteiger partial charge in [0.2, 0.25) is 0 Å². The van der Waals surface area contributed by atoms with Gasteiger partial charge >= 0.3 is 0 Å². The van der Waals surface area contributed by atoms with Gasteiger partial charge in [-0.05, 0) is 75.6 Å². The summed E-state index contributed by atoms with van der Waals surface area (Å²) in [6.07, 6.45) is 36.8. The molecule has 2 aliphatic rings. The number of piperidine rings is 2. The van der Waals surface area contributed by atoms with E-state index in [9.17, 15) is 0 Å². The van der Waals surface area contributed by atoms with E-state index in [4.69, 9.17) is 0 Å². The van der Waals surface area contributed by atoms with Gasteiger partial charge in [-0.1, -0.05) is 162 Å². The zero-order valence-corrected chi connectivity index (χ0v) is 28.2. The minimum atomic E-state index is 0.606. The molecule has 0 aromatic heterocycles. The third-order valence-corrected chi connectivity index (χ3v) is 8.90. The van der Waals surface area contributed by atoms with Crippen LogP contribution >= 0.6 is 0 Å². The zero-order chi connectivity index (χ0) is 30.9. The van der Waals surface area contributed by atoms with E-state index in [1.54, 1.807) is 0 Å². The maximum Gasteiger partial charge on any atom is 0.0284 e. The Kier molecular flexibility index (Phi) is 19.3. The van der Waals surface area contributed by atoms with Crippen LogP contribution in [0.1, 0.15) is 115 Å². The molecule has 0 saturated carbocycles. The highest BCUT2D eigenvalue weighted by molar-refractivity contribution is 5.17. The molecular formula is C42H62N2. The van der Waals surface area contributed by atoms with Gasteiger partial charge in [-0.3, -0.25) is 9.80 Å². The van der Waals surface area contributed by atoms with Crippen molar-refractivity contribution < 1.29 is 0 Å². The molecule has 0 bridgehead atoms. The Hall–Kier alpha value is -2.68. The molecular weight excluding hydrogens is 532 g/mol. The lowest BCUT2D eigenvalue weighted by atomic mass is 10.0. The van der Waals surface area contributed by atoms with Gasteiger partial charge < -0.3 is 0 Å². The average Bonchev–Trinajstić information content (AvgIpc) is 3.07. The van der Waals surface area contributed by atoms with Gasteiger partial charge in [0.25, 0.3) is 0 Å². The van der Waals surface area contributed by atoms with Crippen molar-refractivity contribution in [1.29, 1.82) is 0 Å². The monoisotopic (exact) mass is 594 g/mol. The van der Waals surface area contributed by atoms with E-state index in [-0.39, 0.29) is 0 Å². The Morgan fingerprint density at radius 1 is 0.545 bits per heavy atom. The summed E-state index contributed by atoms with van der Waals surface area (Å²) in [5, 5.41) is 0. The second kappa shape index (κ2) is 23.7. The van der Waals surface area contributed by atoms with E-state index < -0.39 is 0 Å². The first-order chi connectivity index (χ1) is 21.8. The standard InChI is InChI=1S/2C21H31N/c2*1-2-3-4-5-6-7-11-16-21-17-12-13-18-22(21)19-20-14-9-8-10-15-20/h2*6-11,14-16,21H,2-5,12-13,17-19H2,1H3/b7-6+,16-11+;7-6-,16-11+. The Balaban J connectivity index is 0.000000240. The summed E-state index contributed by atoms with van der Waals surface area (Å²) in [5.74, 6) is 0. The van der Waals surface area contributed by atoms with Crippen molar-refractivity contribution in [2.75, 3.05) is 13.1 Å². The molecule has 2 heteroatoms. The fourth-order valence-corrected chi connectivity index (χ4v) is 6.26. The zero-order valence-electron chi connectivity index (χ0n) is 28.2. The number of likely N-dealkylation sites (tertiary alicyclic amines) is 2. The number of allylic oxidation sites excluding steroid dienone is 6. The minimum absolute atomic E-state index is 0.606. The van der Waals surface area contributed by atoms with Gasteiger partial charge in [0.1, 0.15) is 0 Å². The van der Waals surface area contributed by atoms with Crippen molar-refractivity contribution in [2.24, 2.45) is 0 Å². The SMILES string of the molecule is CCCCC/C=C/C=C/C1CCCCN1Cc1ccccc1.CCCCC/C=C\C=C\C1CCCCN1Cc1ccccc1. The lowest BCUT2D eigenvalue weighted by molar-refractivity contribution is 0.171. The second-order valence-corrected chi connectivity index (χ2v) is 12.7. The van der Waals surface area contributed by atoms with E-state index in [0.29, 0.717) is 12.1 Å². The lowest BCUT2D eigenvalue weighted by Gasteiger charge is -2.34. The van der Waals surface area contributed by atoms with Crippen LogP contribution in [0.2, 0.25) is 0 Å². The van der Waals surface area contributed by atoms with Crippen molar-refractivity contribution in [2.45, 2.75) is 129 Å². The Labute approximate surface area is 271 Å². The van der Waals surface area contributed by atoms with Crippen molar-refractivity contribution in [1.82, 2.24) is 9.80 Å². The molecule has 0 aliphatic carbocycles. The highest BCUT2D eigenvalue weighted by Crippen LogP contribution is 2.22. The molecule has 0 amide bonds. The lowest BCUT2D eigenvalue weighted by Crippen LogP contribution is -2.37. The fourth-order valence-electron chi connectivity index (χ4n) is 6.26. The Morgan fingerprint density at radius 2 is 0.977 bits per heavy atom. The van der Waals surface area contributed by atoms with E-state index in [1.807, 2.05) is 0 Å². The third-order valence-electron chi connectivity index (χ3n) is 8.90. The highest BCUT2D eigenvalue weighted by Gasteiger charge is 2.20. The van der Waals surface area contributed by atoms with Crippen molar-refractivity contribution in [3.8, 4) is 0 Å². The van der Waals surface area contributed by atoms with Gasteiger partial charge in [0.15, 0.2) is 0 Å². The molecule has 44 heavy (non-hydrogen) atoms. The average molecular weight is 595 g/mol. The summed E-state index contributed by atoms with van der Waals surface area (Å²) in [6, 6.07) is 22.9. The van der Waals surface area contributed by atoms with Crippen LogP contribution < -0.4 is 0 Å². The Morgan fingerprint density at radius 3 is 1.39 bits per heavy atom. The minimum Gasteiger partial charge on any atom is -0.293 e. The van der Waals surface area contributed by atoms with Crippen molar-refractivity contribution in [3.05, 3.63) is 120 Å². The summed E-state index contributed by atoms with van der Waals surface area (Å²) in [7, 11) is 0. The molecule has 2 aromatic carbocycles. The predicted octanol–water partition coefficient (Wildman–Crippen LogP) is 11.5. The largest absolute Gasteiger partial charge is 0.293 e. The summed E-state index contributed by atoms with van der Waals surface area (Å²) >= 11 is 0. The second-order valence-electron chi connectivity index (χ2n) is 12.7. The number of rotatable bonds is 16. The smallest absolute Gasteiger partial charge is 0.0284 e. The predicted molar refractivity (Wildman–Crippen MR) is 194 cm³/mol. The molecule has 4 rings (SSSR count). The highest BCUT2D eigenvalue weighted by atomic mass is 15.2. The van der Waals surface area contributed by atoms with E-state index >= 15 is 0 Å². The van der Waals surface area contributed by atoms with Crippen LogP contribution in [-0.4, -0.2) is 35.0 Å². The van der Waals surface area contributed by atoms with Crippen LogP contribution in [0.4, 0.5) is 0 Å². The van der Waals surface area contributed by atoms with Gasteiger partial charge in [-0.25, -0.2) is 0 Å². The van der Waals surface area contributed by atoms with Crippen molar-refractivity contribution >= 4 is 0 Å². The maximum atomic E-state index is 2.63. The molecule has 2 saturated heterocycles. The normalized spacial score (nSPS) is 20.1. The molecule has 0 radical (unpaired) electrons. The maximum absolute atomic E-state index is 2.63. The van der Waals surface area contributed by atoms with Gasteiger partial charge in [-0.2, -0.15) is 0 Å².